The normalized spacial score (nSPS) is 22.3. The number of rotatable bonds is 5. The van der Waals surface area contributed by atoms with Crippen LogP contribution in [-0.4, -0.2) is 50.1 Å². The van der Waals surface area contributed by atoms with Gasteiger partial charge in [0.15, 0.2) is 0 Å². The first-order chi connectivity index (χ1) is 7.09. The van der Waals surface area contributed by atoms with E-state index in [9.17, 15) is 4.79 Å². The second kappa shape index (κ2) is 6.08. The third kappa shape index (κ3) is 4.62. The number of likely N-dealkylation sites (tertiary alicyclic amines) is 1. The molecule has 0 aliphatic carbocycles. The summed E-state index contributed by atoms with van der Waals surface area (Å²) < 4.78 is 0. The van der Waals surface area contributed by atoms with Gasteiger partial charge in [-0.1, -0.05) is 13.8 Å². The molecule has 1 heterocycles. The molecule has 1 rings (SSSR count). The fraction of sp³-hybridized carbons (Fsp3) is 0.909. The summed E-state index contributed by atoms with van der Waals surface area (Å²) >= 11 is 0. The van der Waals surface area contributed by atoms with E-state index in [4.69, 9.17) is 0 Å². The Morgan fingerprint density at radius 2 is 2.20 bits per heavy atom. The summed E-state index contributed by atoms with van der Waals surface area (Å²) in [6.45, 7) is 7.73. The van der Waals surface area contributed by atoms with Crippen molar-refractivity contribution in [3.8, 4) is 0 Å². The quantitative estimate of drug-likeness (QED) is 0.634. The number of hydrogen-bond acceptors (Lipinski definition) is 3. The highest BCUT2D eigenvalue weighted by molar-refractivity contribution is 5.77. The SMILES string of the molecule is CC(C)C(=O)NCCNC1CCN(C)C1. The van der Waals surface area contributed by atoms with Gasteiger partial charge in [0.2, 0.25) is 5.91 Å². The summed E-state index contributed by atoms with van der Waals surface area (Å²) in [6, 6.07) is 0.603. The predicted octanol–water partition coefficient (Wildman–Crippen LogP) is 0.0523. The maximum atomic E-state index is 11.2. The number of likely N-dealkylation sites (N-methyl/N-ethyl adjacent to an activating group) is 1. The summed E-state index contributed by atoms with van der Waals surface area (Å²) in [5.41, 5.74) is 0. The van der Waals surface area contributed by atoms with Crippen LogP contribution in [0, 0.1) is 5.92 Å². The van der Waals surface area contributed by atoms with E-state index in [1.54, 1.807) is 0 Å². The van der Waals surface area contributed by atoms with E-state index in [0.29, 0.717) is 6.04 Å². The van der Waals surface area contributed by atoms with Crippen LogP contribution in [0.3, 0.4) is 0 Å². The van der Waals surface area contributed by atoms with E-state index in [-0.39, 0.29) is 11.8 Å². The standard InChI is InChI=1S/C11H23N3O/c1-9(2)11(15)13-6-5-12-10-4-7-14(3)8-10/h9-10,12H,4-8H2,1-3H3,(H,13,15). The molecule has 1 fully saturated rings. The summed E-state index contributed by atoms with van der Waals surface area (Å²) in [7, 11) is 2.14. The number of carbonyl (C=O) groups is 1. The van der Waals surface area contributed by atoms with Gasteiger partial charge in [-0.25, -0.2) is 0 Å². The van der Waals surface area contributed by atoms with Crippen LogP contribution in [0.25, 0.3) is 0 Å². The second-order valence-corrected chi connectivity index (χ2v) is 4.65. The highest BCUT2D eigenvalue weighted by Crippen LogP contribution is 2.04. The van der Waals surface area contributed by atoms with Gasteiger partial charge in [-0.05, 0) is 20.0 Å². The van der Waals surface area contributed by atoms with Crippen LogP contribution in [0.4, 0.5) is 0 Å². The minimum Gasteiger partial charge on any atom is -0.355 e. The van der Waals surface area contributed by atoms with Crippen molar-refractivity contribution < 1.29 is 4.79 Å². The fourth-order valence-electron chi connectivity index (χ4n) is 1.77. The molecule has 1 saturated heterocycles. The van der Waals surface area contributed by atoms with Gasteiger partial charge < -0.3 is 15.5 Å². The van der Waals surface area contributed by atoms with Crippen LogP contribution < -0.4 is 10.6 Å². The Hall–Kier alpha value is -0.610. The van der Waals surface area contributed by atoms with Gasteiger partial charge >= 0.3 is 0 Å². The first-order valence-electron chi connectivity index (χ1n) is 5.79. The Bertz CT molecular complexity index is 206. The van der Waals surface area contributed by atoms with Crippen molar-refractivity contribution >= 4 is 5.91 Å². The summed E-state index contributed by atoms with van der Waals surface area (Å²) in [6.07, 6.45) is 1.22. The second-order valence-electron chi connectivity index (χ2n) is 4.65. The van der Waals surface area contributed by atoms with E-state index < -0.39 is 0 Å². The molecule has 0 aromatic carbocycles. The minimum absolute atomic E-state index is 0.0858. The van der Waals surface area contributed by atoms with E-state index >= 15 is 0 Å². The molecule has 1 aliphatic heterocycles. The lowest BCUT2D eigenvalue weighted by Gasteiger charge is -2.13. The van der Waals surface area contributed by atoms with Crippen LogP contribution in [0.1, 0.15) is 20.3 Å². The topological polar surface area (TPSA) is 44.4 Å². The Morgan fingerprint density at radius 3 is 2.73 bits per heavy atom. The molecule has 1 unspecified atom stereocenters. The Labute approximate surface area is 92.4 Å². The van der Waals surface area contributed by atoms with Crippen molar-refractivity contribution in [3.05, 3.63) is 0 Å². The van der Waals surface area contributed by atoms with Gasteiger partial charge in [-0.3, -0.25) is 4.79 Å². The van der Waals surface area contributed by atoms with Crippen molar-refractivity contribution in [2.75, 3.05) is 33.2 Å². The van der Waals surface area contributed by atoms with Crippen LogP contribution >= 0.6 is 0 Å². The Morgan fingerprint density at radius 1 is 1.47 bits per heavy atom. The minimum atomic E-state index is 0.0858. The van der Waals surface area contributed by atoms with Crippen LogP contribution in [0.5, 0.6) is 0 Å². The third-order valence-electron chi connectivity index (χ3n) is 2.77. The molecule has 0 bridgehead atoms. The van der Waals surface area contributed by atoms with Crippen molar-refractivity contribution in [2.45, 2.75) is 26.3 Å². The lowest BCUT2D eigenvalue weighted by atomic mass is 10.2. The van der Waals surface area contributed by atoms with Gasteiger partial charge in [0.25, 0.3) is 0 Å². The lowest BCUT2D eigenvalue weighted by Crippen LogP contribution is -2.39. The molecule has 2 N–H and O–H groups in total. The van der Waals surface area contributed by atoms with E-state index in [1.807, 2.05) is 13.8 Å². The molecule has 0 aromatic rings. The molecule has 4 heteroatoms. The van der Waals surface area contributed by atoms with E-state index in [1.165, 1.54) is 13.0 Å². The van der Waals surface area contributed by atoms with Crippen molar-refractivity contribution in [1.82, 2.24) is 15.5 Å². The summed E-state index contributed by atoms with van der Waals surface area (Å²) in [5, 5.41) is 6.35. The monoisotopic (exact) mass is 213 g/mol. The number of nitrogens with one attached hydrogen (secondary N) is 2. The maximum absolute atomic E-state index is 11.2. The zero-order valence-corrected chi connectivity index (χ0v) is 10.0. The van der Waals surface area contributed by atoms with E-state index in [2.05, 4.69) is 22.6 Å². The zero-order chi connectivity index (χ0) is 11.3. The largest absolute Gasteiger partial charge is 0.355 e. The molecule has 1 aliphatic rings. The number of amides is 1. The smallest absolute Gasteiger partial charge is 0.222 e. The van der Waals surface area contributed by atoms with Crippen LogP contribution in [0.2, 0.25) is 0 Å². The van der Waals surface area contributed by atoms with Crippen molar-refractivity contribution in [3.63, 3.8) is 0 Å². The average molecular weight is 213 g/mol. The van der Waals surface area contributed by atoms with Crippen molar-refractivity contribution in [2.24, 2.45) is 5.92 Å². The molecule has 0 radical (unpaired) electrons. The average Bonchev–Trinajstić information content (AvgIpc) is 2.58. The predicted molar refractivity (Wildman–Crippen MR) is 61.8 cm³/mol. The highest BCUT2D eigenvalue weighted by Gasteiger charge is 2.18. The molecule has 0 aromatic heterocycles. The summed E-state index contributed by atoms with van der Waals surface area (Å²) in [5.74, 6) is 0.225. The van der Waals surface area contributed by atoms with Gasteiger partial charge in [-0.2, -0.15) is 0 Å². The number of nitrogens with zero attached hydrogens (tertiary/aromatic N) is 1. The Kier molecular flexibility index (Phi) is 5.05. The van der Waals surface area contributed by atoms with Crippen molar-refractivity contribution in [1.29, 1.82) is 0 Å². The summed E-state index contributed by atoms with van der Waals surface area (Å²) in [4.78, 5) is 13.6. The maximum Gasteiger partial charge on any atom is 0.222 e. The first kappa shape index (κ1) is 12.5. The number of carbonyl (C=O) groups excluding carboxylic acids is 1. The van der Waals surface area contributed by atoms with Gasteiger partial charge in [0.1, 0.15) is 0 Å². The first-order valence-corrected chi connectivity index (χ1v) is 5.79. The van der Waals surface area contributed by atoms with Crippen LogP contribution in [0.15, 0.2) is 0 Å². The molecular formula is C11H23N3O. The third-order valence-corrected chi connectivity index (χ3v) is 2.77. The lowest BCUT2D eigenvalue weighted by molar-refractivity contribution is -0.123. The highest BCUT2D eigenvalue weighted by atomic mass is 16.1. The van der Waals surface area contributed by atoms with E-state index in [0.717, 1.165) is 19.6 Å². The molecule has 1 atom stereocenters. The molecule has 4 nitrogen and oxygen atoms in total. The zero-order valence-electron chi connectivity index (χ0n) is 10.0. The number of hydrogen-bond donors (Lipinski definition) is 2. The molecule has 88 valence electrons. The fourth-order valence-corrected chi connectivity index (χ4v) is 1.77. The molecule has 1 amide bonds. The van der Waals surface area contributed by atoms with Gasteiger partial charge in [0.05, 0.1) is 0 Å². The molecule has 0 spiro atoms. The molecule has 15 heavy (non-hydrogen) atoms. The van der Waals surface area contributed by atoms with Crippen LogP contribution in [-0.2, 0) is 4.79 Å². The Balaban J connectivity index is 2.00. The molecular weight excluding hydrogens is 190 g/mol. The van der Waals surface area contributed by atoms with Gasteiger partial charge in [-0.15, -0.1) is 0 Å². The molecule has 0 saturated carbocycles. The van der Waals surface area contributed by atoms with Gasteiger partial charge in [0, 0.05) is 31.6 Å².